The molecule has 1 aromatic rings. The van der Waals surface area contributed by atoms with E-state index in [1.165, 1.54) is 0 Å². The van der Waals surface area contributed by atoms with Crippen molar-refractivity contribution in [2.24, 2.45) is 11.7 Å². The van der Waals surface area contributed by atoms with Crippen molar-refractivity contribution in [3.05, 3.63) is 18.0 Å². The van der Waals surface area contributed by atoms with Gasteiger partial charge in [-0.3, -0.25) is 4.68 Å². The normalized spacial score (nSPS) is 12.8. The second-order valence-electron chi connectivity index (χ2n) is 2.98. The fourth-order valence-corrected chi connectivity index (χ4v) is 1.01. The maximum Gasteiger partial charge on any atom is 0.0774 e. The molecule has 0 aliphatic heterocycles. The first kappa shape index (κ1) is 9.19. The molecule has 1 aromatic heterocycles. The third kappa shape index (κ3) is 2.30. The van der Waals surface area contributed by atoms with Crippen LogP contribution in [0, 0.1) is 12.8 Å². The smallest absolute Gasteiger partial charge is 0.0774 e. The van der Waals surface area contributed by atoms with Gasteiger partial charge in [-0.1, -0.05) is 19.1 Å². The van der Waals surface area contributed by atoms with E-state index >= 15 is 0 Å². The van der Waals surface area contributed by atoms with Gasteiger partial charge in [-0.05, 0) is 13.0 Å². The molecule has 1 unspecified atom stereocenters. The predicted octanol–water partition coefficient (Wildman–Crippen LogP) is 1.11. The Bertz CT molecular complexity index is 280. The lowest BCUT2D eigenvalue weighted by Gasteiger charge is -2.08. The minimum atomic E-state index is 0.208. The van der Waals surface area contributed by atoms with Crippen molar-refractivity contribution in [1.29, 1.82) is 0 Å². The van der Waals surface area contributed by atoms with Gasteiger partial charge in [-0.2, -0.15) is 5.10 Å². The highest BCUT2D eigenvalue weighted by molar-refractivity contribution is 7.80. The molecule has 0 aliphatic rings. The quantitative estimate of drug-likeness (QED) is 0.714. The van der Waals surface area contributed by atoms with Gasteiger partial charge >= 0.3 is 0 Å². The van der Waals surface area contributed by atoms with Gasteiger partial charge in [0.1, 0.15) is 0 Å². The number of aryl methyl sites for hydroxylation is 1. The van der Waals surface area contributed by atoms with E-state index in [4.69, 9.17) is 18.0 Å². The molecular formula is C8H13N3S. The highest BCUT2D eigenvalue weighted by atomic mass is 32.1. The average molecular weight is 183 g/mol. The number of aromatic nitrogens is 2. The van der Waals surface area contributed by atoms with Crippen LogP contribution in [0.3, 0.4) is 0 Å². The summed E-state index contributed by atoms with van der Waals surface area (Å²) in [6.45, 7) is 4.73. The first-order chi connectivity index (χ1) is 5.59. The van der Waals surface area contributed by atoms with Crippen molar-refractivity contribution in [2.75, 3.05) is 0 Å². The summed E-state index contributed by atoms with van der Waals surface area (Å²) < 4.78 is 1.86. The largest absolute Gasteiger partial charge is 0.393 e. The lowest BCUT2D eigenvalue weighted by atomic mass is 10.2. The van der Waals surface area contributed by atoms with E-state index in [9.17, 15) is 0 Å². The van der Waals surface area contributed by atoms with Crippen molar-refractivity contribution in [2.45, 2.75) is 20.4 Å². The number of hydrogen-bond donors (Lipinski definition) is 1. The molecule has 0 amide bonds. The number of rotatable bonds is 3. The molecular weight excluding hydrogens is 170 g/mol. The standard InChI is InChI=1S/C8H13N3S/c1-6(8(9)12)5-11-4-3-7(2)10-11/h3-4,6H,5H2,1-2H3,(H2,9,12). The number of nitrogens with zero attached hydrogens (tertiary/aromatic N) is 2. The first-order valence-electron chi connectivity index (χ1n) is 3.89. The predicted molar refractivity (Wildman–Crippen MR) is 52.9 cm³/mol. The topological polar surface area (TPSA) is 43.8 Å². The summed E-state index contributed by atoms with van der Waals surface area (Å²) in [5.41, 5.74) is 6.50. The molecule has 12 heavy (non-hydrogen) atoms. The van der Waals surface area contributed by atoms with Crippen LogP contribution in [0.15, 0.2) is 12.3 Å². The van der Waals surface area contributed by atoms with Crippen molar-refractivity contribution < 1.29 is 0 Å². The van der Waals surface area contributed by atoms with Crippen molar-refractivity contribution >= 4 is 17.2 Å². The summed E-state index contributed by atoms with van der Waals surface area (Å²) in [6, 6.07) is 1.96. The molecule has 1 heterocycles. The van der Waals surface area contributed by atoms with E-state index in [2.05, 4.69) is 5.10 Å². The SMILES string of the molecule is Cc1ccn(CC(C)C(N)=S)n1. The van der Waals surface area contributed by atoms with E-state index in [0.29, 0.717) is 4.99 Å². The molecule has 0 aliphatic carbocycles. The van der Waals surface area contributed by atoms with Gasteiger partial charge in [-0.25, -0.2) is 0 Å². The van der Waals surface area contributed by atoms with Gasteiger partial charge in [0.25, 0.3) is 0 Å². The van der Waals surface area contributed by atoms with Crippen LogP contribution in [0.5, 0.6) is 0 Å². The second-order valence-corrected chi connectivity index (χ2v) is 3.45. The number of hydrogen-bond acceptors (Lipinski definition) is 2. The van der Waals surface area contributed by atoms with Gasteiger partial charge < -0.3 is 5.73 Å². The molecule has 0 saturated heterocycles. The van der Waals surface area contributed by atoms with Crippen molar-refractivity contribution in [3.63, 3.8) is 0 Å². The summed E-state index contributed by atoms with van der Waals surface area (Å²) in [5.74, 6) is 0.208. The Morgan fingerprint density at radius 1 is 1.83 bits per heavy atom. The third-order valence-electron chi connectivity index (χ3n) is 1.72. The molecule has 4 heteroatoms. The Balaban J connectivity index is 2.58. The molecule has 1 atom stereocenters. The van der Waals surface area contributed by atoms with Crippen LogP contribution in [0.2, 0.25) is 0 Å². The molecule has 66 valence electrons. The maximum absolute atomic E-state index is 5.48. The molecule has 0 spiro atoms. The second kappa shape index (κ2) is 3.67. The fourth-order valence-electron chi connectivity index (χ4n) is 0.935. The van der Waals surface area contributed by atoms with Crippen LogP contribution in [0.1, 0.15) is 12.6 Å². The minimum Gasteiger partial charge on any atom is -0.393 e. The Kier molecular flexibility index (Phi) is 2.81. The maximum atomic E-state index is 5.48. The highest BCUT2D eigenvalue weighted by Crippen LogP contribution is 2.01. The van der Waals surface area contributed by atoms with Crippen LogP contribution in [-0.2, 0) is 6.54 Å². The van der Waals surface area contributed by atoms with E-state index in [-0.39, 0.29) is 5.92 Å². The van der Waals surface area contributed by atoms with Gasteiger partial charge in [0.05, 0.1) is 10.7 Å². The van der Waals surface area contributed by atoms with E-state index in [1.807, 2.05) is 30.8 Å². The summed E-state index contributed by atoms with van der Waals surface area (Å²) in [6.07, 6.45) is 1.93. The third-order valence-corrected chi connectivity index (χ3v) is 2.12. The molecule has 0 aromatic carbocycles. The molecule has 0 saturated carbocycles. The molecule has 1 rings (SSSR count). The van der Waals surface area contributed by atoms with Crippen LogP contribution < -0.4 is 5.73 Å². The zero-order valence-electron chi connectivity index (χ0n) is 7.32. The summed E-state index contributed by atoms with van der Waals surface area (Å²) in [4.78, 5) is 0.545. The molecule has 3 nitrogen and oxygen atoms in total. The zero-order valence-corrected chi connectivity index (χ0v) is 8.14. The molecule has 0 bridgehead atoms. The average Bonchev–Trinajstić information content (AvgIpc) is 2.35. The van der Waals surface area contributed by atoms with Crippen LogP contribution in [0.25, 0.3) is 0 Å². The van der Waals surface area contributed by atoms with Gasteiger partial charge in [0.2, 0.25) is 0 Å². The van der Waals surface area contributed by atoms with Gasteiger partial charge in [0.15, 0.2) is 0 Å². The monoisotopic (exact) mass is 183 g/mol. The highest BCUT2D eigenvalue weighted by Gasteiger charge is 2.05. The lowest BCUT2D eigenvalue weighted by Crippen LogP contribution is -2.23. The van der Waals surface area contributed by atoms with Gasteiger partial charge in [-0.15, -0.1) is 0 Å². The summed E-state index contributed by atoms with van der Waals surface area (Å²) in [5, 5.41) is 4.23. The van der Waals surface area contributed by atoms with Gasteiger partial charge in [0, 0.05) is 18.7 Å². The van der Waals surface area contributed by atoms with Crippen LogP contribution >= 0.6 is 12.2 Å². The van der Waals surface area contributed by atoms with E-state index < -0.39 is 0 Å². The zero-order chi connectivity index (χ0) is 9.14. The Morgan fingerprint density at radius 2 is 2.50 bits per heavy atom. The number of thiocarbonyl (C=S) groups is 1. The Labute approximate surface area is 77.6 Å². The minimum absolute atomic E-state index is 0.208. The summed E-state index contributed by atoms with van der Waals surface area (Å²) in [7, 11) is 0. The fraction of sp³-hybridized carbons (Fsp3) is 0.500. The number of nitrogens with two attached hydrogens (primary N) is 1. The summed E-state index contributed by atoms with van der Waals surface area (Å²) >= 11 is 4.86. The van der Waals surface area contributed by atoms with Crippen molar-refractivity contribution in [1.82, 2.24) is 9.78 Å². The molecule has 0 radical (unpaired) electrons. The van der Waals surface area contributed by atoms with Crippen LogP contribution in [0.4, 0.5) is 0 Å². The Hall–Kier alpha value is -0.900. The van der Waals surface area contributed by atoms with E-state index in [1.54, 1.807) is 0 Å². The van der Waals surface area contributed by atoms with Crippen molar-refractivity contribution in [3.8, 4) is 0 Å². The van der Waals surface area contributed by atoms with Crippen LogP contribution in [-0.4, -0.2) is 14.8 Å². The Morgan fingerprint density at radius 3 is 2.92 bits per heavy atom. The lowest BCUT2D eigenvalue weighted by molar-refractivity contribution is 0.540. The first-order valence-corrected chi connectivity index (χ1v) is 4.30. The molecule has 0 fully saturated rings. The van der Waals surface area contributed by atoms with E-state index in [0.717, 1.165) is 12.2 Å². The molecule has 2 N–H and O–H groups in total.